The Labute approximate surface area is 75.8 Å². The van der Waals surface area contributed by atoms with Crippen LogP contribution >= 0.6 is 0 Å². The third kappa shape index (κ3) is 2.52. The first kappa shape index (κ1) is 9.12. The number of carbonyl (C=O) groups excluding carboxylic acids is 1. The Morgan fingerprint density at radius 2 is 2.15 bits per heavy atom. The third-order valence-electron chi connectivity index (χ3n) is 1.33. The van der Waals surface area contributed by atoms with Gasteiger partial charge in [0.05, 0.1) is 0 Å². The number of hydrogen-bond acceptors (Lipinski definition) is 4. The molecule has 0 aliphatic rings. The molecule has 0 aliphatic carbocycles. The molecule has 0 atom stereocenters. The summed E-state index contributed by atoms with van der Waals surface area (Å²) in [4.78, 5) is 10.9. The quantitative estimate of drug-likeness (QED) is 0.301. The molecule has 0 saturated carbocycles. The summed E-state index contributed by atoms with van der Waals surface area (Å²) in [5.74, 6) is -0.304. The first-order chi connectivity index (χ1) is 6.09. The van der Waals surface area contributed by atoms with Crippen molar-refractivity contribution < 1.29 is 9.53 Å². The lowest BCUT2D eigenvalue weighted by molar-refractivity contribution is -0.130. The van der Waals surface area contributed by atoms with Gasteiger partial charge in [0.15, 0.2) is 0 Å². The lowest BCUT2D eigenvalue weighted by Crippen LogP contribution is -2.16. The van der Waals surface area contributed by atoms with E-state index >= 15 is 0 Å². The van der Waals surface area contributed by atoms with E-state index in [0.717, 1.165) is 0 Å². The molecule has 0 unspecified atom stereocenters. The zero-order chi connectivity index (χ0) is 9.84. The van der Waals surface area contributed by atoms with Crippen molar-refractivity contribution in [2.75, 3.05) is 5.73 Å². The number of rotatable bonds is 2. The van der Waals surface area contributed by atoms with Gasteiger partial charge in [0.1, 0.15) is 11.4 Å². The summed E-state index contributed by atoms with van der Waals surface area (Å²) in [6, 6.07) is 6.50. The van der Waals surface area contributed by atoms with Crippen LogP contribution in [-0.2, 0) is 4.79 Å². The second kappa shape index (κ2) is 3.62. The summed E-state index contributed by atoms with van der Waals surface area (Å²) in [7, 11) is 0. The molecular formula is C9H10N2O2. The van der Waals surface area contributed by atoms with E-state index in [0.29, 0.717) is 11.4 Å². The number of ether oxygens (including phenoxy) is 1. The van der Waals surface area contributed by atoms with Crippen molar-refractivity contribution in [2.24, 2.45) is 5.73 Å². The van der Waals surface area contributed by atoms with Crippen LogP contribution in [0.5, 0.6) is 5.75 Å². The number of benzene rings is 1. The Kier molecular flexibility index (Phi) is 2.54. The van der Waals surface area contributed by atoms with Gasteiger partial charge in [-0.2, -0.15) is 0 Å². The average Bonchev–Trinajstić information content (AvgIpc) is 2.04. The predicted molar refractivity (Wildman–Crippen MR) is 49.8 cm³/mol. The van der Waals surface area contributed by atoms with Crippen molar-refractivity contribution in [2.45, 2.75) is 0 Å². The summed E-state index contributed by atoms with van der Waals surface area (Å²) in [5.41, 5.74) is 11.0. The fourth-order valence-electron chi connectivity index (χ4n) is 0.751. The molecule has 0 aliphatic heterocycles. The summed E-state index contributed by atoms with van der Waals surface area (Å²) in [6.07, 6.45) is 0. The highest BCUT2D eigenvalue weighted by molar-refractivity contribution is 5.88. The van der Waals surface area contributed by atoms with Gasteiger partial charge in [-0.1, -0.05) is 12.6 Å². The minimum Gasteiger partial charge on any atom is -0.422 e. The van der Waals surface area contributed by atoms with Gasteiger partial charge in [-0.15, -0.1) is 0 Å². The molecule has 13 heavy (non-hydrogen) atoms. The van der Waals surface area contributed by atoms with Gasteiger partial charge in [0, 0.05) is 11.8 Å². The van der Waals surface area contributed by atoms with E-state index in [4.69, 9.17) is 16.2 Å². The van der Waals surface area contributed by atoms with Gasteiger partial charge < -0.3 is 16.2 Å². The van der Waals surface area contributed by atoms with Crippen LogP contribution in [0.3, 0.4) is 0 Å². The van der Waals surface area contributed by atoms with Crippen molar-refractivity contribution in [3.63, 3.8) is 0 Å². The van der Waals surface area contributed by atoms with Crippen LogP contribution in [0.15, 0.2) is 36.5 Å². The summed E-state index contributed by atoms with van der Waals surface area (Å²) >= 11 is 0. The van der Waals surface area contributed by atoms with Gasteiger partial charge in [0.2, 0.25) is 0 Å². The van der Waals surface area contributed by atoms with Gasteiger partial charge in [-0.05, 0) is 12.1 Å². The largest absolute Gasteiger partial charge is 0.422 e. The number of nitrogen functional groups attached to an aromatic ring is 1. The highest BCUT2D eigenvalue weighted by Crippen LogP contribution is 2.14. The molecule has 4 nitrogen and oxygen atoms in total. The monoisotopic (exact) mass is 178 g/mol. The second-order valence-corrected chi connectivity index (χ2v) is 2.49. The van der Waals surface area contributed by atoms with Crippen LogP contribution in [0.25, 0.3) is 0 Å². The van der Waals surface area contributed by atoms with Gasteiger partial charge in [-0.3, -0.25) is 0 Å². The minimum absolute atomic E-state index is 0.137. The molecule has 0 fully saturated rings. The molecule has 68 valence electrons. The van der Waals surface area contributed by atoms with E-state index in [2.05, 4.69) is 6.58 Å². The number of esters is 1. The van der Waals surface area contributed by atoms with Crippen LogP contribution in [-0.4, -0.2) is 5.97 Å². The molecular weight excluding hydrogens is 168 g/mol. The average molecular weight is 178 g/mol. The topological polar surface area (TPSA) is 78.3 Å². The summed E-state index contributed by atoms with van der Waals surface area (Å²) in [5, 5.41) is 0. The predicted octanol–water partition coefficient (Wildman–Crippen LogP) is 0.647. The van der Waals surface area contributed by atoms with Gasteiger partial charge in [0.25, 0.3) is 0 Å². The van der Waals surface area contributed by atoms with Gasteiger partial charge in [-0.25, -0.2) is 4.79 Å². The first-order valence-electron chi connectivity index (χ1n) is 3.61. The Hall–Kier alpha value is -1.97. The number of carbonyl (C=O) groups is 1. The molecule has 0 spiro atoms. The van der Waals surface area contributed by atoms with Crippen molar-refractivity contribution >= 4 is 11.7 Å². The molecule has 0 radical (unpaired) electrons. The second-order valence-electron chi connectivity index (χ2n) is 2.49. The van der Waals surface area contributed by atoms with Crippen molar-refractivity contribution in [3.05, 3.63) is 36.5 Å². The van der Waals surface area contributed by atoms with Crippen molar-refractivity contribution in [1.29, 1.82) is 0 Å². The fraction of sp³-hybridized carbons (Fsp3) is 0. The van der Waals surface area contributed by atoms with E-state index in [1.165, 1.54) is 6.07 Å². The van der Waals surface area contributed by atoms with Crippen molar-refractivity contribution in [1.82, 2.24) is 0 Å². The molecule has 4 heteroatoms. The molecule has 0 saturated heterocycles. The molecule has 0 bridgehead atoms. The van der Waals surface area contributed by atoms with E-state index in [1.54, 1.807) is 18.2 Å². The normalized spacial score (nSPS) is 9.23. The van der Waals surface area contributed by atoms with Crippen LogP contribution in [0, 0.1) is 0 Å². The third-order valence-corrected chi connectivity index (χ3v) is 1.33. The van der Waals surface area contributed by atoms with E-state index in [9.17, 15) is 4.79 Å². The zero-order valence-corrected chi connectivity index (χ0v) is 6.99. The molecule has 1 aromatic carbocycles. The number of anilines is 1. The highest BCUT2D eigenvalue weighted by Gasteiger charge is 2.05. The fourth-order valence-corrected chi connectivity index (χ4v) is 0.751. The Morgan fingerprint density at radius 1 is 1.46 bits per heavy atom. The van der Waals surface area contributed by atoms with E-state index in [1.807, 2.05) is 0 Å². The van der Waals surface area contributed by atoms with Crippen LogP contribution in [0.2, 0.25) is 0 Å². The van der Waals surface area contributed by atoms with Crippen LogP contribution in [0.1, 0.15) is 0 Å². The van der Waals surface area contributed by atoms with Gasteiger partial charge >= 0.3 is 5.97 Å². The molecule has 1 rings (SSSR count). The molecule has 0 heterocycles. The van der Waals surface area contributed by atoms with E-state index in [-0.39, 0.29) is 5.70 Å². The summed E-state index contributed by atoms with van der Waals surface area (Å²) < 4.78 is 4.81. The first-order valence-corrected chi connectivity index (χ1v) is 3.61. The minimum atomic E-state index is -0.661. The Morgan fingerprint density at radius 3 is 2.69 bits per heavy atom. The molecule has 0 aromatic heterocycles. The van der Waals surface area contributed by atoms with E-state index < -0.39 is 5.97 Å². The Balaban J connectivity index is 2.75. The SMILES string of the molecule is C=C(N)C(=O)Oc1cccc(N)c1. The maximum absolute atomic E-state index is 10.9. The number of nitrogens with two attached hydrogens (primary N) is 2. The van der Waals surface area contributed by atoms with Crippen molar-refractivity contribution in [3.8, 4) is 5.75 Å². The highest BCUT2D eigenvalue weighted by atomic mass is 16.5. The maximum Gasteiger partial charge on any atom is 0.358 e. The number of hydrogen-bond donors (Lipinski definition) is 2. The molecule has 4 N–H and O–H groups in total. The van der Waals surface area contributed by atoms with Crippen LogP contribution in [0.4, 0.5) is 5.69 Å². The molecule has 1 aromatic rings. The lowest BCUT2D eigenvalue weighted by atomic mass is 10.3. The molecule has 0 amide bonds. The standard InChI is InChI=1S/C9H10N2O2/c1-6(10)9(12)13-8-4-2-3-7(11)5-8/h2-5H,1,10-11H2. The summed E-state index contributed by atoms with van der Waals surface area (Å²) in [6.45, 7) is 3.25. The Bertz CT molecular complexity index is 347. The smallest absolute Gasteiger partial charge is 0.358 e. The maximum atomic E-state index is 10.9. The zero-order valence-electron chi connectivity index (χ0n) is 6.99. The van der Waals surface area contributed by atoms with Crippen LogP contribution < -0.4 is 16.2 Å². The lowest BCUT2D eigenvalue weighted by Gasteiger charge is -2.03.